The lowest BCUT2D eigenvalue weighted by Crippen LogP contribution is -2.28. The third-order valence-electron chi connectivity index (χ3n) is 5.64. The summed E-state index contributed by atoms with van der Waals surface area (Å²) in [5, 5.41) is 0. The van der Waals surface area contributed by atoms with Gasteiger partial charge >= 0.3 is 0 Å². The first-order chi connectivity index (χ1) is 11.9. The number of carbonyl (C=O) groups excluding carboxylic acids is 1. The molecule has 3 heteroatoms. The van der Waals surface area contributed by atoms with E-state index in [1.807, 2.05) is 12.1 Å². The standard InChI is InChI=1S/C13H17NO.C9H19N/c14-13(15)12-8-7-10-5-3-1-2-4-6-11(10)9-12;1-9(8-10(2)3)6-4-5-7-9/h7-9H,1-6H2,(H2,14,15);4-8H2,1-3H3. The molecule has 0 spiro atoms. The SMILES string of the molecule is CN(C)CC1(C)CCCC1.NC(=O)c1ccc2c(c1)CCCCCC2. The molecule has 0 unspecified atom stereocenters. The van der Waals surface area contributed by atoms with E-state index >= 15 is 0 Å². The summed E-state index contributed by atoms with van der Waals surface area (Å²) in [6, 6.07) is 5.90. The zero-order valence-electron chi connectivity index (χ0n) is 16.4. The maximum absolute atomic E-state index is 11.1. The quantitative estimate of drug-likeness (QED) is 0.873. The number of hydrogen-bond acceptors (Lipinski definition) is 2. The predicted molar refractivity (Wildman–Crippen MR) is 106 cm³/mol. The molecule has 2 aliphatic carbocycles. The summed E-state index contributed by atoms with van der Waals surface area (Å²) in [6.07, 6.45) is 13.1. The van der Waals surface area contributed by atoms with Gasteiger partial charge in [-0.3, -0.25) is 4.79 Å². The number of nitrogens with zero attached hydrogens (tertiary/aromatic N) is 1. The Hall–Kier alpha value is -1.35. The molecule has 3 nitrogen and oxygen atoms in total. The van der Waals surface area contributed by atoms with Crippen LogP contribution in [0.3, 0.4) is 0 Å². The molecule has 3 rings (SSSR count). The highest BCUT2D eigenvalue weighted by atomic mass is 16.1. The van der Waals surface area contributed by atoms with Crippen molar-refractivity contribution in [3.8, 4) is 0 Å². The van der Waals surface area contributed by atoms with Gasteiger partial charge in [-0.25, -0.2) is 0 Å². The molecule has 2 aliphatic rings. The second-order valence-electron chi connectivity index (χ2n) is 8.52. The van der Waals surface area contributed by atoms with E-state index in [0.717, 1.165) is 12.8 Å². The van der Waals surface area contributed by atoms with E-state index in [-0.39, 0.29) is 5.91 Å². The molecule has 1 saturated carbocycles. The molecule has 0 heterocycles. The largest absolute Gasteiger partial charge is 0.366 e. The van der Waals surface area contributed by atoms with Crippen LogP contribution in [-0.4, -0.2) is 31.4 Å². The molecule has 1 aromatic carbocycles. The molecule has 1 amide bonds. The van der Waals surface area contributed by atoms with Gasteiger partial charge in [-0.05, 0) is 81.3 Å². The van der Waals surface area contributed by atoms with Crippen LogP contribution in [0.5, 0.6) is 0 Å². The Morgan fingerprint density at radius 1 is 1.00 bits per heavy atom. The van der Waals surface area contributed by atoms with Crippen molar-refractivity contribution < 1.29 is 4.79 Å². The monoisotopic (exact) mass is 344 g/mol. The molecule has 1 aromatic rings. The summed E-state index contributed by atoms with van der Waals surface area (Å²) in [6.45, 7) is 3.69. The van der Waals surface area contributed by atoms with Gasteiger partial charge in [0.05, 0.1) is 0 Å². The molecule has 0 aromatic heterocycles. The van der Waals surface area contributed by atoms with Gasteiger partial charge in [-0.2, -0.15) is 0 Å². The number of nitrogens with two attached hydrogens (primary N) is 1. The first kappa shape index (κ1) is 20.0. The summed E-state index contributed by atoms with van der Waals surface area (Å²) < 4.78 is 0. The number of fused-ring (bicyclic) bond motifs is 1. The minimum Gasteiger partial charge on any atom is -0.366 e. The van der Waals surface area contributed by atoms with Gasteiger partial charge < -0.3 is 10.6 Å². The lowest BCUT2D eigenvalue weighted by atomic mass is 9.88. The van der Waals surface area contributed by atoms with E-state index in [4.69, 9.17) is 5.73 Å². The maximum Gasteiger partial charge on any atom is 0.248 e. The van der Waals surface area contributed by atoms with Gasteiger partial charge in [0.25, 0.3) is 0 Å². The number of primary amides is 1. The highest BCUT2D eigenvalue weighted by Gasteiger charge is 2.28. The molecular weight excluding hydrogens is 308 g/mol. The van der Waals surface area contributed by atoms with Crippen LogP contribution in [0, 0.1) is 5.41 Å². The molecule has 2 N–H and O–H groups in total. The Bertz CT molecular complexity index is 559. The smallest absolute Gasteiger partial charge is 0.248 e. The third kappa shape index (κ3) is 6.47. The highest BCUT2D eigenvalue weighted by Crippen LogP contribution is 2.37. The fraction of sp³-hybridized carbons (Fsp3) is 0.682. The van der Waals surface area contributed by atoms with Gasteiger partial charge in [-0.1, -0.05) is 38.7 Å². The first-order valence-electron chi connectivity index (χ1n) is 9.96. The Morgan fingerprint density at radius 3 is 2.16 bits per heavy atom. The predicted octanol–water partition coefficient (Wildman–Crippen LogP) is 4.57. The van der Waals surface area contributed by atoms with E-state index in [2.05, 4.69) is 32.0 Å². The molecule has 0 atom stereocenters. The number of amides is 1. The second kappa shape index (κ2) is 9.38. The molecule has 0 aliphatic heterocycles. The van der Waals surface area contributed by atoms with E-state index in [0.29, 0.717) is 11.0 Å². The number of benzene rings is 1. The van der Waals surface area contributed by atoms with E-state index < -0.39 is 0 Å². The average molecular weight is 345 g/mol. The summed E-state index contributed by atoms with van der Waals surface area (Å²) in [5.74, 6) is -0.320. The normalized spacial score (nSPS) is 19.4. The van der Waals surface area contributed by atoms with E-state index in [9.17, 15) is 4.79 Å². The fourth-order valence-corrected chi connectivity index (χ4v) is 4.39. The van der Waals surface area contributed by atoms with Crippen LogP contribution in [0.4, 0.5) is 0 Å². The molecular formula is C22H36N2O. The lowest BCUT2D eigenvalue weighted by Gasteiger charge is -2.27. The number of hydrogen-bond donors (Lipinski definition) is 1. The number of aryl methyl sites for hydroxylation is 2. The van der Waals surface area contributed by atoms with Crippen molar-refractivity contribution in [3.63, 3.8) is 0 Å². The van der Waals surface area contributed by atoms with Crippen molar-refractivity contribution in [2.45, 2.75) is 71.1 Å². The minimum absolute atomic E-state index is 0.320. The van der Waals surface area contributed by atoms with Crippen LogP contribution in [-0.2, 0) is 12.8 Å². The molecule has 1 fully saturated rings. The van der Waals surface area contributed by atoms with Crippen LogP contribution in [0.2, 0.25) is 0 Å². The van der Waals surface area contributed by atoms with Crippen molar-refractivity contribution >= 4 is 5.91 Å². The van der Waals surface area contributed by atoms with Crippen LogP contribution < -0.4 is 5.73 Å². The first-order valence-corrected chi connectivity index (χ1v) is 9.96. The summed E-state index contributed by atoms with van der Waals surface area (Å²) in [4.78, 5) is 13.4. The Labute approximate surface area is 154 Å². The van der Waals surface area contributed by atoms with Gasteiger partial charge in [0, 0.05) is 12.1 Å². The van der Waals surface area contributed by atoms with E-state index in [1.165, 1.54) is 69.0 Å². The van der Waals surface area contributed by atoms with Crippen molar-refractivity contribution in [2.24, 2.45) is 11.1 Å². The van der Waals surface area contributed by atoms with Crippen molar-refractivity contribution in [1.29, 1.82) is 0 Å². The minimum atomic E-state index is -0.320. The Morgan fingerprint density at radius 2 is 1.60 bits per heavy atom. The van der Waals surface area contributed by atoms with Crippen molar-refractivity contribution in [3.05, 3.63) is 34.9 Å². The van der Waals surface area contributed by atoms with Crippen molar-refractivity contribution in [1.82, 2.24) is 4.90 Å². The topological polar surface area (TPSA) is 46.3 Å². The molecule has 0 bridgehead atoms. The molecule has 25 heavy (non-hydrogen) atoms. The fourth-order valence-electron chi connectivity index (χ4n) is 4.39. The van der Waals surface area contributed by atoms with Gasteiger partial charge in [0.2, 0.25) is 5.91 Å². The zero-order chi connectivity index (χ0) is 18.3. The number of carbonyl (C=O) groups is 1. The van der Waals surface area contributed by atoms with Gasteiger partial charge in [0.15, 0.2) is 0 Å². The summed E-state index contributed by atoms with van der Waals surface area (Å²) in [7, 11) is 4.34. The second-order valence-corrected chi connectivity index (χ2v) is 8.52. The van der Waals surface area contributed by atoms with Gasteiger partial charge in [-0.15, -0.1) is 0 Å². The lowest BCUT2D eigenvalue weighted by molar-refractivity contribution is 0.1000. The van der Waals surface area contributed by atoms with E-state index in [1.54, 1.807) is 0 Å². The molecule has 0 radical (unpaired) electrons. The average Bonchev–Trinajstić information content (AvgIpc) is 2.93. The van der Waals surface area contributed by atoms with Crippen LogP contribution in [0.15, 0.2) is 18.2 Å². The Balaban J connectivity index is 0.000000196. The van der Waals surface area contributed by atoms with Gasteiger partial charge in [0.1, 0.15) is 0 Å². The zero-order valence-corrected chi connectivity index (χ0v) is 16.4. The molecule has 140 valence electrons. The van der Waals surface area contributed by atoms with Crippen molar-refractivity contribution in [2.75, 3.05) is 20.6 Å². The Kier molecular flexibility index (Phi) is 7.49. The summed E-state index contributed by atoms with van der Waals surface area (Å²) >= 11 is 0. The van der Waals surface area contributed by atoms with Crippen LogP contribution in [0.25, 0.3) is 0 Å². The third-order valence-corrected chi connectivity index (χ3v) is 5.64. The van der Waals surface area contributed by atoms with Crippen LogP contribution in [0.1, 0.15) is 79.8 Å². The number of rotatable bonds is 3. The maximum atomic E-state index is 11.1. The summed E-state index contributed by atoms with van der Waals surface area (Å²) in [5.41, 5.74) is 9.30. The molecule has 0 saturated heterocycles. The van der Waals surface area contributed by atoms with Crippen LogP contribution >= 0.6 is 0 Å². The highest BCUT2D eigenvalue weighted by molar-refractivity contribution is 5.93.